The van der Waals surface area contributed by atoms with E-state index in [0.717, 1.165) is 0 Å². The van der Waals surface area contributed by atoms with Gasteiger partial charge >= 0.3 is 5.97 Å². The first-order chi connectivity index (χ1) is 5.14. The van der Waals surface area contributed by atoms with Crippen LogP contribution in [0.2, 0.25) is 0 Å². The lowest BCUT2D eigenvalue weighted by atomic mass is 10.3. The minimum absolute atomic E-state index is 2.04. The van der Waals surface area contributed by atoms with E-state index in [1.54, 1.807) is 0 Å². The summed E-state index contributed by atoms with van der Waals surface area (Å²) in [5, 5.41) is 16.7. The molecule has 0 radical (unpaired) electrons. The third kappa shape index (κ3) is 5.43. The van der Waals surface area contributed by atoms with Gasteiger partial charge in [-0.1, -0.05) is 0 Å². The van der Waals surface area contributed by atoms with Gasteiger partial charge in [-0.05, 0) is 6.37 Å². The monoisotopic (exact) mass is 109 g/mol. The number of hydrogen-bond donors (Lipinski definition) is 2. The Bertz CT molecular complexity index is 189. The van der Waals surface area contributed by atoms with E-state index in [2.05, 4.69) is 0 Å². The number of carbonyl (C=O) groups is 1. The molecule has 0 fully saturated rings. The molecule has 0 aliphatic heterocycles. The number of hydrogen-bond acceptors (Lipinski definition) is 2. The molecule has 1 unspecified atom stereocenters. The quantitative estimate of drug-likeness (QED) is 0.529. The van der Waals surface area contributed by atoms with Crippen LogP contribution in [0.25, 0.3) is 0 Å². The second-order valence-corrected chi connectivity index (χ2v) is 0.704. The second kappa shape index (κ2) is 3.61. The summed E-state index contributed by atoms with van der Waals surface area (Å²) in [7, 11) is 0. The van der Waals surface area contributed by atoms with E-state index < -0.39 is 25.3 Å². The summed E-state index contributed by atoms with van der Waals surface area (Å²) < 4.78 is 33.5. The van der Waals surface area contributed by atoms with Crippen LogP contribution in [0.15, 0.2) is 0 Å². The summed E-state index contributed by atoms with van der Waals surface area (Å²) in [5.41, 5.74) is 0. The summed E-state index contributed by atoms with van der Waals surface area (Å²) in [6.45, 7) is -2.43. The van der Waals surface area contributed by atoms with Gasteiger partial charge in [0.15, 0.2) is 0 Å². The van der Waals surface area contributed by atoms with Crippen LogP contribution in [0.4, 0.5) is 0 Å². The molecule has 1 atom stereocenters. The molecule has 42 valence electrons. The van der Waals surface area contributed by atoms with Crippen LogP contribution in [-0.2, 0) is 4.79 Å². The number of rotatable bonds is 3. The van der Waals surface area contributed by atoms with E-state index in [1.807, 2.05) is 0 Å². The molecule has 3 nitrogen and oxygen atoms in total. The van der Waals surface area contributed by atoms with Crippen LogP contribution >= 0.6 is 0 Å². The molecule has 0 aliphatic rings. The van der Waals surface area contributed by atoms with E-state index in [9.17, 15) is 4.79 Å². The van der Waals surface area contributed by atoms with Crippen LogP contribution in [0.5, 0.6) is 0 Å². The molecule has 7 heavy (non-hydrogen) atoms. The Kier molecular flexibility index (Phi) is 0.900. The second-order valence-electron chi connectivity index (χ2n) is 0.704. The van der Waals surface area contributed by atoms with Crippen LogP contribution in [0.3, 0.4) is 0 Å². The zero-order chi connectivity index (χ0) is 10.2. The molecule has 3 heteroatoms. The average molecular weight is 109 g/mol. The molecule has 0 amide bonds. The molecule has 0 aliphatic carbocycles. The maximum absolute atomic E-state index is 10.2. The van der Waals surface area contributed by atoms with Crippen molar-refractivity contribution in [1.82, 2.24) is 0 Å². The first kappa shape index (κ1) is 1.74. The van der Waals surface area contributed by atoms with E-state index in [-0.39, 0.29) is 0 Å². The van der Waals surface area contributed by atoms with Gasteiger partial charge in [0.2, 0.25) is 0 Å². The fourth-order valence-electron chi connectivity index (χ4n) is 0.0940. The number of aliphatic hydroxyl groups excluding tert-OH is 1. The average Bonchev–Trinajstić information content (AvgIpc) is 1.86. The van der Waals surface area contributed by atoms with Crippen molar-refractivity contribution in [2.45, 2.75) is 12.7 Å². The summed E-state index contributed by atoms with van der Waals surface area (Å²) in [4.78, 5) is 10.2. The minimum Gasteiger partial charge on any atom is -0.481 e. The van der Waals surface area contributed by atoms with E-state index in [1.165, 1.54) is 0 Å². The van der Waals surface area contributed by atoms with Gasteiger partial charge in [-0.15, -0.1) is 0 Å². The number of aliphatic hydroxyl groups is 1. The molecule has 0 aromatic carbocycles. The van der Waals surface area contributed by atoms with Crippen molar-refractivity contribution >= 4 is 5.97 Å². The zero-order valence-electron chi connectivity index (χ0n) is 8.38. The standard InChI is InChI=1S/C4H8O3/c5-3-1-2-4(6)7/h5H,1-3H2,(H,6,7)/i1D2,2D2,3D. The third-order valence-electron chi connectivity index (χ3n) is 0.244. The highest BCUT2D eigenvalue weighted by atomic mass is 16.4. The van der Waals surface area contributed by atoms with Crippen molar-refractivity contribution in [3.63, 3.8) is 0 Å². The Morgan fingerprint density at radius 2 is 2.43 bits per heavy atom. The zero-order valence-corrected chi connectivity index (χ0v) is 3.38. The van der Waals surface area contributed by atoms with E-state index in [0.29, 0.717) is 0 Å². The summed E-state index contributed by atoms with van der Waals surface area (Å²) in [6, 6.07) is 0. The van der Waals surface area contributed by atoms with Gasteiger partial charge in [-0.25, -0.2) is 0 Å². The van der Waals surface area contributed by atoms with Gasteiger partial charge in [-0.2, -0.15) is 0 Å². The highest BCUT2D eigenvalue weighted by Crippen LogP contribution is 1.83. The molecule has 0 rings (SSSR count). The van der Waals surface area contributed by atoms with Crippen LogP contribution < -0.4 is 0 Å². The van der Waals surface area contributed by atoms with Crippen molar-refractivity contribution < 1.29 is 21.9 Å². The van der Waals surface area contributed by atoms with Gasteiger partial charge in [0.25, 0.3) is 0 Å². The first-order valence-electron chi connectivity index (χ1n) is 4.05. The first-order valence-corrected chi connectivity index (χ1v) is 1.47. The molecular formula is C4H8O3. The predicted molar refractivity (Wildman–Crippen MR) is 24.0 cm³/mol. The maximum atomic E-state index is 10.2. The van der Waals surface area contributed by atoms with Crippen LogP contribution in [-0.4, -0.2) is 22.8 Å². The normalized spacial score (nSPS) is 27.9. The molecule has 0 saturated heterocycles. The van der Waals surface area contributed by atoms with E-state index in [4.69, 9.17) is 17.1 Å². The Morgan fingerprint density at radius 3 is 2.57 bits per heavy atom. The molecule has 0 heterocycles. The lowest BCUT2D eigenvalue weighted by Gasteiger charge is -1.85. The largest absolute Gasteiger partial charge is 0.481 e. The van der Waals surface area contributed by atoms with Gasteiger partial charge in [0.1, 0.15) is 0 Å². The van der Waals surface area contributed by atoms with Crippen molar-refractivity contribution in [3.8, 4) is 0 Å². The van der Waals surface area contributed by atoms with Gasteiger partial charge in [-0.3, -0.25) is 4.79 Å². The summed E-state index contributed by atoms with van der Waals surface area (Å²) >= 11 is 0. The molecule has 2 N–H and O–H groups in total. The van der Waals surface area contributed by atoms with Crippen molar-refractivity contribution in [3.05, 3.63) is 0 Å². The van der Waals surface area contributed by atoms with Gasteiger partial charge in [0, 0.05) is 18.4 Å². The lowest BCUT2D eigenvalue weighted by Crippen LogP contribution is -1.95. The number of carboxylic acids is 1. The van der Waals surface area contributed by atoms with Gasteiger partial charge in [0.05, 0.1) is 1.37 Å². The molecule has 0 aromatic rings. The summed E-state index contributed by atoms with van der Waals surface area (Å²) in [6.07, 6.45) is -6.40. The highest BCUT2D eigenvalue weighted by Gasteiger charge is 1.91. The maximum Gasteiger partial charge on any atom is 0.303 e. The SMILES string of the molecule is [2H]C(O)C([2H])([2H])C([2H])([2H])C(=O)O. The topological polar surface area (TPSA) is 57.5 Å². The Labute approximate surface area is 48.6 Å². The van der Waals surface area contributed by atoms with Crippen molar-refractivity contribution in [2.75, 3.05) is 6.58 Å². The summed E-state index contributed by atoms with van der Waals surface area (Å²) in [5.74, 6) is -2.04. The third-order valence-corrected chi connectivity index (χ3v) is 0.244. The Hall–Kier alpha value is -0.570. The molecule has 0 saturated carbocycles. The van der Waals surface area contributed by atoms with Crippen LogP contribution in [0, 0.1) is 0 Å². The van der Waals surface area contributed by atoms with Crippen molar-refractivity contribution in [2.24, 2.45) is 0 Å². The lowest BCUT2D eigenvalue weighted by molar-refractivity contribution is -0.137. The molecular weight excluding hydrogens is 96.0 g/mol. The highest BCUT2D eigenvalue weighted by molar-refractivity contribution is 5.66. The Morgan fingerprint density at radius 1 is 1.86 bits per heavy atom. The molecule has 0 bridgehead atoms. The fourth-order valence-corrected chi connectivity index (χ4v) is 0.0940. The molecule has 0 spiro atoms. The predicted octanol–water partition coefficient (Wildman–Crippen LogP) is -0.157. The number of carboxylic acid groups (broad SMARTS) is 1. The minimum atomic E-state index is -3.27. The van der Waals surface area contributed by atoms with Crippen LogP contribution in [0.1, 0.15) is 19.6 Å². The van der Waals surface area contributed by atoms with Crippen molar-refractivity contribution in [1.29, 1.82) is 0 Å². The smallest absolute Gasteiger partial charge is 0.303 e. The fraction of sp³-hybridized carbons (Fsp3) is 0.750. The Balaban J connectivity index is 4.88. The van der Waals surface area contributed by atoms with E-state index >= 15 is 0 Å². The molecule has 0 aromatic heterocycles. The number of aliphatic carboxylic acids is 1. The van der Waals surface area contributed by atoms with Gasteiger partial charge < -0.3 is 10.2 Å².